The van der Waals surface area contributed by atoms with Crippen molar-refractivity contribution in [1.29, 1.82) is 0 Å². The number of likely N-dealkylation sites (N-methyl/N-ethyl adjacent to an activating group) is 1. The van der Waals surface area contributed by atoms with Crippen molar-refractivity contribution in [1.82, 2.24) is 20.2 Å². The van der Waals surface area contributed by atoms with Gasteiger partial charge in [0.1, 0.15) is 5.82 Å². The number of hydrogen-bond acceptors (Lipinski definition) is 6. The number of amides is 1. The molecule has 3 rings (SSSR count). The van der Waals surface area contributed by atoms with Crippen molar-refractivity contribution in [3.05, 3.63) is 71.8 Å². The minimum atomic E-state index is -0.752. The van der Waals surface area contributed by atoms with E-state index < -0.39 is 24.3 Å². The maximum Gasteiger partial charge on any atom is 0.357 e. The molecule has 30 heavy (non-hydrogen) atoms. The van der Waals surface area contributed by atoms with E-state index in [4.69, 9.17) is 4.74 Å². The number of aryl methyl sites for hydroxylation is 1. The van der Waals surface area contributed by atoms with E-state index in [1.165, 1.54) is 33.8 Å². The van der Waals surface area contributed by atoms with Crippen LogP contribution in [0.4, 0.5) is 10.1 Å². The Labute approximate surface area is 172 Å². The Hall–Kier alpha value is -3.88. The zero-order valence-corrected chi connectivity index (χ0v) is 16.5. The number of esters is 1. The Balaban J connectivity index is 1.77. The van der Waals surface area contributed by atoms with Gasteiger partial charge >= 0.3 is 5.97 Å². The summed E-state index contributed by atoms with van der Waals surface area (Å²) in [7, 11) is 0. The number of halogens is 1. The molecule has 1 amide bonds. The van der Waals surface area contributed by atoms with Gasteiger partial charge in [0, 0.05) is 12.2 Å². The lowest BCUT2D eigenvalue weighted by atomic mass is 10.2. The van der Waals surface area contributed by atoms with Gasteiger partial charge in [-0.3, -0.25) is 4.79 Å². The van der Waals surface area contributed by atoms with E-state index in [1.54, 1.807) is 19.9 Å². The quantitative estimate of drug-likeness (QED) is 0.440. The first-order chi connectivity index (χ1) is 14.5. The Morgan fingerprint density at radius 3 is 2.43 bits per heavy atom. The van der Waals surface area contributed by atoms with E-state index >= 15 is 0 Å². The third-order valence-corrected chi connectivity index (χ3v) is 4.25. The first-order valence-corrected chi connectivity index (χ1v) is 9.24. The highest BCUT2D eigenvalue weighted by molar-refractivity contribution is 6.15. The van der Waals surface area contributed by atoms with Crippen molar-refractivity contribution in [3.8, 4) is 0 Å². The topological polar surface area (TPSA) is 90.2 Å². The van der Waals surface area contributed by atoms with Crippen LogP contribution in [0.25, 0.3) is 11.8 Å². The average molecular weight is 409 g/mol. The summed E-state index contributed by atoms with van der Waals surface area (Å²) < 4.78 is 19.7. The van der Waals surface area contributed by atoms with Crippen molar-refractivity contribution in [2.45, 2.75) is 13.8 Å². The van der Waals surface area contributed by atoms with E-state index in [2.05, 4.69) is 15.5 Å². The molecule has 0 unspecified atom stereocenters. The van der Waals surface area contributed by atoms with E-state index in [0.29, 0.717) is 18.1 Å². The first-order valence-electron chi connectivity index (χ1n) is 9.24. The van der Waals surface area contributed by atoms with Gasteiger partial charge in [0.25, 0.3) is 5.91 Å². The molecule has 0 bridgehead atoms. The summed E-state index contributed by atoms with van der Waals surface area (Å²) in [5.41, 5.74) is 1.32. The van der Waals surface area contributed by atoms with Crippen LogP contribution < -0.4 is 4.90 Å². The number of carbonyl (C=O) groups excluding carboxylic acids is 2. The van der Waals surface area contributed by atoms with Crippen molar-refractivity contribution in [3.63, 3.8) is 0 Å². The maximum absolute atomic E-state index is 13.1. The SMILES string of the molecule is CCN(C(=O)COC(=O)/C(=C/c1ccccc1)n1nnnc1C)c1ccc(F)cc1. The molecule has 0 aliphatic heterocycles. The van der Waals surface area contributed by atoms with Gasteiger partial charge in [0.15, 0.2) is 18.1 Å². The molecule has 0 spiro atoms. The molecule has 0 saturated carbocycles. The van der Waals surface area contributed by atoms with Crippen LogP contribution in [-0.2, 0) is 14.3 Å². The minimum Gasteiger partial charge on any atom is -0.451 e. The number of aromatic nitrogens is 4. The lowest BCUT2D eigenvalue weighted by Crippen LogP contribution is -2.34. The Bertz CT molecular complexity index is 1050. The molecule has 0 radical (unpaired) electrons. The van der Waals surface area contributed by atoms with Crippen molar-refractivity contribution in [2.75, 3.05) is 18.1 Å². The maximum atomic E-state index is 13.1. The molecular formula is C21H20FN5O3. The molecule has 154 valence electrons. The standard InChI is InChI=1S/C21H20FN5O3/c1-3-26(18-11-9-17(22)10-12-18)20(28)14-30-21(29)19(27-15(2)23-24-25-27)13-16-7-5-4-6-8-16/h4-13H,3,14H2,1-2H3/b19-13-. The van der Waals surface area contributed by atoms with Crippen LogP contribution in [0, 0.1) is 12.7 Å². The fourth-order valence-electron chi connectivity index (χ4n) is 2.77. The van der Waals surface area contributed by atoms with Gasteiger partial charge in [0.05, 0.1) is 0 Å². The van der Waals surface area contributed by atoms with E-state index in [1.807, 2.05) is 30.3 Å². The van der Waals surface area contributed by atoms with Gasteiger partial charge in [-0.25, -0.2) is 9.18 Å². The number of benzene rings is 2. The second-order valence-corrected chi connectivity index (χ2v) is 6.27. The fourth-order valence-corrected chi connectivity index (χ4v) is 2.77. The molecule has 0 aliphatic rings. The predicted molar refractivity (Wildman–Crippen MR) is 109 cm³/mol. The third kappa shape index (κ3) is 4.93. The van der Waals surface area contributed by atoms with Crippen LogP contribution in [0.1, 0.15) is 18.3 Å². The number of carbonyl (C=O) groups is 2. The molecule has 0 N–H and O–H groups in total. The second-order valence-electron chi connectivity index (χ2n) is 6.27. The zero-order chi connectivity index (χ0) is 21.5. The smallest absolute Gasteiger partial charge is 0.357 e. The molecule has 1 heterocycles. The van der Waals surface area contributed by atoms with Gasteiger partial charge in [-0.15, -0.1) is 5.10 Å². The number of hydrogen-bond donors (Lipinski definition) is 0. The average Bonchev–Trinajstić information content (AvgIpc) is 3.18. The third-order valence-electron chi connectivity index (χ3n) is 4.25. The highest BCUT2D eigenvalue weighted by Gasteiger charge is 2.21. The Morgan fingerprint density at radius 2 is 1.83 bits per heavy atom. The molecule has 3 aromatic rings. The van der Waals surface area contributed by atoms with Gasteiger partial charge in [-0.2, -0.15) is 4.68 Å². The number of rotatable bonds is 7. The molecule has 0 fully saturated rings. The second kappa shape index (κ2) is 9.55. The van der Waals surface area contributed by atoms with Crippen LogP contribution in [0.3, 0.4) is 0 Å². The summed E-state index contributed by atoms with van der Waals surface area (Å²) in [6.45, 7) is 3.26. The van der Waals surface area contributed by atoms with Crippen LogP contribution in [0.2, 0.25) is 0 Å². The summed E-state index contributed by atoms with van der Waals surface area (Å²) in [5.74, 6) is -1.20. The van der Waals surface area contributed by atoms with Crippen molar-refractivity contribution < 1.29 is 18.7 Å². The summed E-state index contributed by atoms with van der Waals surface area (Å²) in [4.78, 5) is 26.8. The van der Waals surface area contributed by atoms with Crippen LogP contribution in [0.15, 0.2) is 54.6 Å². The molecule has 2 aromatic carbocycles. The van der Waals surface area contributed by atoms with Gasteiger partial charge in [-0.05, 0) is 60.2 Å². The van der Waals surface area contributed by atoms with Gasteiger partial charge in [0.2, 0.25) is 0 Å². The lowest BCUT2D eigenvalue weighted by molar-refractivity contribution is -0.142. The molecule has 9 heteroatoms. The Kier molecular flexibility index (Phi) is 6.63. The monoisotopic (exact) mass is 409 g/mol. The molecule has 0 aliphatic carbocycles. The Morgan fingerprint density at radius 1 is 1.13 bits per heavy atom. The number of anilines is 1. The van der Waals surface area contributed by atoms with E-state index in [-0.39, 0.29) is 5.70 Å². The van der Waals surface area contributed by atoms with Gasteiger partial charge < -0.3 is 9.64 Å². The number of tetrazole rings is 1. The van der Waals surface area contributed by atoms with Crippen LogP contribution in [0.5, 0.6) is 0 Å². The van der Waals surface area contributed by atoms with Crippen LogP contribution >= 0.6 is 0 Å². The highest BCUT2D eigenvalue weighted by atomic mass is 19.1. The minimum absolute atomic E-state index is 0.0707. The highest BCUT2D eigenvalue weighted by Crippen LogP contribution is 2.16. The molecule has 0 atom stereocenters. The summed E-state index contributed by atoms with van der Waals surface area (Å²) in [6.07, 6.45) is 1.58. The summed E-state index contributed by atoms with van der Waals surface area (Å²) in [5, 5.41) is 11.2. The van der Waals surface area contributed by atoms with E-state index in [9.17, 15) is 14.0 Å². The summed E-state index contributed by atoms with van der Waals surface area (Å²) >= 11 is 0. The molecular weight excluding hydrogens is 389 g/mol. The molecule has 8 nitrogen and oxygen atoms in total. The van der Waals surface area contributed by atoms with Crippen molar-refractivity contribution in [2.24, 2.45) is 0 Å². The number of ether oxygens (including phenoxy) is 1. The largest absolute Gasteiger partial charge is 0.451 e. The number of nitrogens with zero attached hydrogens (tertiary/aromatic N) is 5. The van der Waals surface area contributed by atoms with Crippen LogP contribution in [-0.4, -0.2) is 45.2 Å². The normalized spacial score (nSPS) is 11.2. The van der Waals surface area contributed by atoms with Crippen molar-refractivity contribution >= 4 is 29.3 Å². The first kappa shape index (κ1) is 20.8. The zero-order valence-electron chi connectivity index (χ0n) is 16.5. The van der Waals surface area contributed by atoms with E-state index in [0.717, 1.165) is 5.56 Å². The lowest BCUT2D eigenvalue weighted by Gasteiger charge is -2.21. The molecule has 1 aromatic heterocycles. The molecule has 0 saturated heterocycles. The van der Waals surface area contributed by atoms with Gasteiger partial charge in [-0.1, -0.05) is 30.3 Å². The predicted octanol–water partition coefficient (Wildman–Crippen LogP) is 2.72. The fraction of sp³-hybridized carbons (Fsp3) is 0.190. The summed E-state index contributed by atoms with van der Waals surface area (Å²) in [6, 6.07) is 14.6.